The molecule has 0 aliphatic carbocycles. The van der Waals surface area contributed by atoms with Crippen molar-refractivity contribution < 1.29 is 4.79 Å². The van der Waals surface area contributed by atoms with Crippen molar-refractivity contribution in [2.75, 3.05) is 26.7 Å². The van der Waals surface area contributed by atoms with Gasteiger partial charge in [0.2, 0.25) is 5.91 Å². The minimum Gasteiger partial charge on any atom is -0.342 e. The molecule has 0 radical (unpaired) electrons. The van der Waals surface area contributed by atoms with Crippen LogP contribution in [0.15, 0.2) is 42.9 Å². The van der Waals surface area contributed by atoms with Gasteiger partial charge < -0.3 is 4.90 Å². The molecule has 5 nitrogen and oxygen atoms in total. The second-order valence-corrected chi connectivity index (χ2v) is 7.66. The second-order valence-electron chi connectivity index (χ2n) is 7.66. The molecule has 6 heteroatoms. The molecule has 27 heavy (non-hydrogen) atoms. The van der Waals surface area contributed by atoms with Crippen LogP contribution in [0.4, 0.5) is 0 Å². The standard InChI is InChI=1S/C21H26N4O.ClH/c1-15-5-3-4-6-18(15)21-19-14-25(13-16(19)12-24(21)2)20(26)8-7-17-11-22-9-10-23-17;/h3-6,9-11,16,19,21H,7-8,12-14H2,1-2H3;1H/t16-,19+,21-;/m0./s1. The van der Waals surface area contributed by atoms with Gasteiger partial charge in [0.25, 0.3) is 0 Å². The van der Waals surface area contributed by atoms with E-state index in [1.165, 1.54) is 11.1 Å². The number of aryl methyl sites for hydroxylation is 2. The molecule has 0 spiro atoms. The fourth-order valence-electron chi connectivity index (χ4n) is 4.70. The summed E-state index contributed by atoms with van der Waals surface area (Å²) < 4.78 is 0. The summed E-state index contributed by atoms with van der Waals surface area (Å²) in [6, 6.07) is 9.08. The van der Waals surface area contributed by atoms with Gasteiger partial charge in [-0.25, -0.2) is 0 Å². The van der Waals surface area contributed by atoms with Gasteiger partial charge in [0, 0.05) is 56.6 Å². The number of carbonyl (C=O) groups excluding carboxylic acids is 1. The Morgan fingerprint density at radius 2 is 2.00 bits per heavy atom. The normalized spacial score (nSPS) is 24.5. The van der Waals surface area contributed by atoms with E-state index in [2.05, 4.69) is 58.0 Å². The van der Waals surface area contributed by atoms with E-state index >= 15 is 0 Å². The number of halogens is 1. The summed E-state index contributed by atoms with van der Waals surface area (Å²) in [6.45, 7) is 5.01. The van der Waals surface area contributed by atoms with Crippen LogP contribution in [0.3, 0.4) is 0 Å². The van der Waals surface area contributed by atoms with E-state index in [4.69, 9.17) is 0 Å². The Morgan fingerprint density at radius 1 is 1.19 bits per heavy atom. The highest BCUT2D eigenvalue weighted by molar-refractivity contribution is 5.85. The molecule has 144 valence electrons. The van der Waals surface area contributed by atoms with Crippen molar-refractivity contribution in [3.05, 3.63) is 59.7 Å². The van der Waals surface area contributed by atoms with Gasteiger partial charge in [-0.05, 0) is 37.4 Å². The highest BCUT2D eigenvalue weighted by Crippen LogP contribution is 2.44. The van der Waals surface area contributed by atoms with Crippen molar-refractivity contribution in [1.82, 2.24) is 19.8 Å². The van der Waals surface area contributed by atoms with E-state index < -0.39 is 0 Å². The number of aromatic nitrogens is 2. The number of fused-ring (bicyclic) bond motifs is 1. The first-order valence-corrected chi connectivity index (χ1v) is 9.42. The number of likely N-dealkylation sites (tertiary alicyclic amines) is 2. The first-order chi connectivity index (χ1) is 12.6. The van der Waals surface area contributed by atoms with Crippen molar-refractivity contribution in [3.8, 4) is 0 Å². The fraction of sp³-hybridized carbons (Fsp3) is 0.476. The average molecular weight is 387 g/mol. The summed E-state index contributed by atoms with van der Waals surface area (Å²) in [6.07, 6.45) is 6.27. The van der Waals surface area contributed by atoms with E-state index in [1.807, 2.05) is 0 Å². The van der Waals surface area contributed by atoms with Gasteiger partial charge in [0.05, 0.1) is 5.69 Å². The zero-order chi connectivity index (χ0) is 18.1. The molecular formula is C21H27ClN4O. The molecule has 0 saturated carbocycles. The maximum absolute atomic E-state index is 12.7. The van der Waals surface area contributed by atoms with Crippen LogP contribution in [0.5, 0.6) is 0 Å². The first-order valence-electron chi connectivity index (χ1n) is 9.42. The molecule has 0 N–H and O–H groups in total. The van der Waals surface area contributed by atoms with E-state index in [0.717, 1.165) is 25.3 Å². The van der Waals surface area contributed by atoms with Crippen molar-refractivity contribution in [1.29, 1.82) is 0 Å². The number of hydrogen-bond donors (Lipinski definition) is 0. The lowest BCUT2D eigenvalue weighted by atomic mass is 9.88. The number of amides is 1. The molecule has 0 bridgehead atoms. The smallest absolute Gasteiger partial charge is 0.222 e. The van der Waals surface area contributed by atoms with E-state index in [1.54, 1.807) is 18.6 Å². The molecule has 3 atom stereocenters. The van der Waals surface area contributed by atoms with Crippen LogP contribution in [0, 0.1) is 18.8 Å². The monoisotopic (exact) mass is 386 g/mol. The van der Waals surface area contributed by atoms with E-state index in [0.29, 0.717) is 30.7 Å². The van der Waals surface area contributed by atoms with Crippen LogP contribution in [0.1, 0.15) is 29.3 Å². The Hall–Kier alpha value is -1.98. The quantitative estimate of drug-likeness (QED) is 0.810. The zero-order valence-corrected chi connectivity index (χ0v) is 16.7. The Bertz CT molecular complexity index is 785. The number of rotatable bonds is 4. The van der Waals surface area contributed by atoms with Crippen LogP contribution in [0.25, 0.3) is 0 Å². The molecule has 1 aromatic carbocycles. The molecule has 3 heterocycles. The maximum Gasteiger partial charge on any atom is 0.222 e. The molecule has 2 aliphatic rings. The lowest BCUT2D eigenvalue weighted by molar-refractivity contribution is -0.130. The highest BCUT2D eigenvalue weighted by atomic mass is 35.5. The largest absolute Gasteiger partial charge is 0.342 e. The lowest BCUT2D eigenvalue weighted by Crippen LogP contribution is -2.33. The third-order valence-corrected chi connectivity index (χ3v) is 5.97. The number of carbonyl (C=O) groups is 1. The number of nitrogens with zero attached hydrogens (tertiary/aromatic N) is 4. The van der Waals surface area contributed by atoms with Crippen LogP contribution < -0.4 is 0 Å². The average Bonchev–Trinajstić information content (AvgIpc) is 3.18. The molecule has 2 aromatic rings. The number of benzene rings is 1. The van der Waals surface area contributed by atoms with E-state index in [9.17, 15) is 4.79 Å². The second kappa shape index (κ2) is 8.36. The van der Waals surface area contributed by atoms with Gasteiger partial charge in [-0.1, -0.05) is 24.3 Å². The van der Waals surface area contributed by atoms with Crippen molar-refractivity contribution in [3.63, 3.8) is 0 Å². The predicted octanol–water partition coefficient (Wildman–Crippen LogP) is 2.90. The summed E-state index contributed by atoms with van der Waals surface area (Å²) >= 11 is 0. The third-order valence-electron chi connectivity index (χ3n) is 5.97. The predicted molar refractivity (Wildman–Crippen MR) is 108 cm³/mol. The molecule has 1 aromatic heterocycles. The fourth-order valence-corrected chi connectivity index (χ4v) is 4.70. The highest BCUT2D eigenvalue weighted by Gasteiger charge is 2.47. The summed E-state index contributed by atoms with van der Waals surface area (Å²) in [5.41, 5.74) is 3.64. The van der Waals surface area contributed by atoms with Gasteiger partial charge in [-0.3, -0.25) is 19.7 Å². The van der Waals surface area contributed by atoms with Gasteiger partial charge in [-0.2, -0.15) is 0 Å². The number of hydrogen-bond acceptors (Lipinski definition) is 4. The minimum atomic E-state index is 0. The van der Waals surface area contributed by atoms with Gasteiger partial charge in [-0.15, -0.1) is 12.4 Å². The van der Waals surface area contributed by atoms with Crippen LogP contribution in [-0.4, -0.2) is 52.4 Å². The van der Waals surface area contributed by atoms with Gasteiger partial charge >= 0.3 is 0 Å². The Labute approximate surface area is 167 Å². The topological polar surface area (TPSA) is 49.3 Å². The molecular weight excluding hydrogens is 360 g/mol. The van der Waals surface area contributed by atoms with Crippen molar-refractivity contribution in [2.45, 2.75) is 25.8 Å². The maximum atomic E-state index is 12.7. The third kappa shape index (κ3) is 3.99. The Morgan fingerprint density at radius 3 is 2.74 bits per heavy atom. The van der Waals surface area contributed by atoms with Gasteiger partial charge in [0.15, 0.2) is 0 Å². The Kier molecular flexibility index (Phi) is 6.12. The van der Waals surface area contributed by atoms with Crippen LogP contribution in [0.2, 0.25) is 0 Å². The summed E-state index contributed by atoms with van der Waals surface area (Å²) in [4.78, 5) is 25.6. The molecule has 2 saturated heterocycles. The van der Waals surface area contributed by atoms with Crippen LogP contribution >= 0.6 is 12.4 Å². The van der Waals surface area contributed by atoms with Crippen molar-refractivity contribution in [2.24, 2.45) is 11.8 Å². The van der Waals surface area contributed by atoms with Crippen molar-refractivity contribution >= 4 is 18.3 Å². The Balaban J connectivity index is 0.00000210. The molecule has 0 unspecified atom stereocenters. The minimum absolute atomic E-state index is 0. The molecule has 2 fully saturated rings. The molecule has 1 amide bonds. The van der Waals surface area contributed by atoms with Crippen LogP contribution in [-0.2, 0) is 11.2 Å². The lowest BCUT2D eigenvalue weighted by Gasteiger charge is -2.28. The summed E-state index contributed by atoms with van der Waals surface area (Å²) in [5, 5.41) is 0. The summed E-state index contributed by atoms with van der Waals surface area (Å²) in [7, 11) is 2.22. The molecule has 4 rings (SSSR count). The van der Waals surface area contributed by atoms with E-state index in [-0.39, 0.29) is 18.3 Å². The zero-order valence-electron chi connectivity index (χ0n) is 15.9. The SMILES string of the molecule is Cc1ccccc1[C@H]1[C@@H]2CN(C(=O)CCc3cnccn3)C[C@@H]2CN1C.Cl. The first kappa shape index (κ1) is 19.8. The van der Waals surface area contributed by atoms with Gasteiger partial charge in [0.1, 0.15) is 0 Å². The molecule has 2 aliphatic heterocycles. The summed E-state index contributed by atoms with van der Waals surface area (Å²) in [5.74, 6) is 1.35.